The van der Waals surface area contributed by atoms with E-state index in [-0.39, 0.29) is 0 Å². The van der Waals surface area contributed by atoms with Crippen LogP contribution in [0.15, 0.2) is 340 Å². The fraction of sp³-hybridized carbons (Fsp3) is 0. The lowest BCUT2D eigenvalue weighted by atomic mass is 9.85. The summed E-state index contributed by atoms with van der Waals surface area (Å²) in [6, 6.07) is 121. The molecule has 0 aliphatic rings. The Balaban J connectivity index is 0.928. The molecule has 0 aromatic heterocycles. The van der Waals surface area contributed by atoms with E-state index < -0.39 is 0 Å². The summed E-state index contributed by atoms with van der Waals surface area (Å²) in [6.07, 6.45) is 0. The largest absolute Gasteiger partial charge is 0.311 e. The SMILES string of the molecule is c1ccc(/C(=C(/c2ccccc2)c2ccc(N(c3ccccc3)c3ccc(N(c4ccccc4)c4ccccc4)cc3)cc2)c2ccc(N(c3ccccc3)c3ccc(N(c4ccccc4)c4ccccc4)cc3)cc2)cc1. The van der Waals surface area contributed by atoms with Gasteiger partial charge in [0.2, 0.25) is 0 Å². The van der Waals surface area contributed by atoms with Crippen molar-refractivity contribution in [3.63, 3.8) is 0 Å². The highest BCUT2D eigenvalue weighted by atomic mass is 15.2. The van der Waals surface area contributed by atoms with E-state index in [1.807, 2.05) is 0 Å². The number of benzene rings is 12. The first-order valence-corrected chi connectivity index (χ1v) is 26.5. The fourth-order valence-corrected chi connectivity index (χ4v) is 10.4. The number of hydrogen-bond acceptors (Lipinski definition) is 4. The summed E-state index contributed by atoms with van der Waals surface area (Å²) >= 11 is 0. The molecule has 0 spiro atoms. The minimum absolute atomic E-state index is 1.06. The summed E-state index contributed by atoms with van der Waals surface area (Å²) in [7, 11) is 0. The Hall–Kier alpha value is -10.4. The average Bonchev–Trinajstić information content (AvgIpc) is 3.53. The molecule has 4 nitrogen and oxygen atoms in total. The lowest BCUT2D eigenvalue weighted by Crippen LogP contribution is -2.12. The van der Waals surface area contributed by atoms with Gasteiger partial charge in [-0.05, 0) is 179 Å². The molecule has 0 atom stereocenters. The van der Waals surface area contributed by atoms with Crippen LogP contribution in [0.25, 0.3) is 11.1 Å². The van der Waals surface area contributed by atoms with Gasteiger partial charge < -0.3 is 19.6 Å². The van der Waals surface area contributed by atoms with E-state index in [1.165, 1.54) is 0 Å². The van der Waals surface area contributed by atoms with Crippen molar-refractivity contribution in [1.29, 1.82) is 0 Å². The van der Waals surface area contributed by atoms with E-state index in [9.17, 15) is 0 Å². The Labute approximate surface area is 458 Å². The van der Waals surface area contributed by atoms with Gasteiger partial charge in [-0.2, -0.15) is 0 Å². The molecule has 0 unspecified atom stereocenters. The molecule has 0 fully saturated rings. The van der Waals surface area contributed by atoms with Crippen molar-refractivity contribution >= 4 is 79.4 Å². The highest BCUT2D eigenvalue weighted by Gasteiger charge is 2.21. The van der Waals surface area contributed by atoms with Crippen molar-refractivity contribution in [2.45, 2.75) is 0 Å². The highest BCUT2D eigenvalue weighted by molar-refractivity contribution is 6.05. The molecule has 0 heterocycles. The first-order chi connectivity index (χ1) is 38.7. The summed E-state index contributed by atoms with van der Waals surface area (Å²) in [5.74, 6) is 0. The third-order valence-corrected chi connectivity index (χ3v) is 14.0. The minimum atomic E-state index is 1.06. The lowest BCUT2D eigenvalue weighted by molar-refractivity contribution is 1.25. The zero-order valence-electron chi connectivity index (χ0n) is 43.1. The molecule has 12 aromatic carbocycles. The van der Waals surface area contributed by atoms with Crippen LogP contribution < -0.4 is 19.6 Å². The summed E-state index contributed by atoms with van der Waals surface area (Å²) < 4.78 is 0. The smallest absolute Gasteiger partial charge is 0.0463 e. The van der Waals surface area contributed by atoms with E-state index in [1.54, 1.807) is 0 Å². The van der Waals surface area contributed by atoms with Gasteiger partial charge in [0, 0.05) is 68.2 Å². The standard InChI is InChI=1S/C74H56N4/c1-9-25-57(26-10-1)73(59-41-45-67(46-42-59)77(65-37-21-7-22-38-65)71-53-49-69(50-54-71)75(61-29-13-3-14-30-61)62-31-15-4-16-32-62)74(58-27-11-2-12-28-58)60-43-47-68(48-44-60)78(66-39-23-8-24-40-66)72-55-51-70(52-56-72)76(63-33-17-5-18-34-63)64-35-19-6-20-36-64/h1-56H/b74-73+. The molecule has 0 aliphatic heterocycles. The van der Waals surface area contributed by atoms with Crippen LogP contribution in [0, 0.1) is 0 Å². The zero-order chi connectivity index (χ0) is 52.3. The van der Waals surface area contributed by atoms with Crippen molar-refractivity contribution in [3.8, 4) is 0 Å². The van der Waals surface area contributed by atoms with E-state index >= 15 is 0 Å². The number of rotatable bonds is 16. The third-order valence-electron chi connectivity index (χ3n) is 14.0. The number of nitrogens with zero attached hydrogens (tertiary/aromatic N) is 4. The van der Waals surface area contributed by atoms with Gasteiger partial charge in [-0.3, -0.25) is 0 Å². The first-order valence-electron chi connectivity index (χ1n) is 26.5. The molecule has 0 saturated heterocycles. The normalized spacial score (nSPS) is 11.3. The maximum absolute atomic E-state index is 2.33. The second-order valence-corrected chi connectivity index (χ2v) is 19.0. The average molecular weight is 1000 g/mol. The summed E-state index contributed by atoms with van der Waals surface area (Å²) in [5.41, 5.74) is 19.7. The lowest BCUT2D eigenvalue weighted by Gasteiger charge is -2.28. The van der Waals surface area contributed by atoms with Gasteiger partial charge in [-0.25, -0.2) is 0 Å². The van der Waals surface area contributed by atoms with Gasteiger partial charge in [0.25, 0.3) is 0 Å². The molecular weight excluding hydrogens is 945 g/mol. The fourth-order valence-electron chi connectivity index (χ4n) is 10.4. The molecule has 12 aromatic rings. The summed E-state index contributed by atoms with van der Waals surface area (Å²) in [4.78, 5) is 9.26. The van der Waals surface area contributed by atoms with Crippen LogP contribution in [0.1, 0.15) is 22.3 Å². The van der Waals surface area contributed by atoms with Crippen molar-refractivity contribution in [2.24, 2.45) is 0 Å². The molecule has 0 radical (unpaired) electrons. The third kappa shape index (κ3) is 10.5. The maximum Gasteiger partial charge on any atom is 0.0463 e. The molecule has 12 rings (SSSR count). The Kier molecular flexibility index (Phi) is 14.3. The van der Waals surface area contributed by atoms with Crippen molar-refractivity contribution < 1.29 is 0 Å². The second kappa shape index (κ2) is 23.0. The summed E-state index contributed by atoms with van der Waals surface area (Å²) in [6.45, 7) is 0. The van der Waals surface area contributed by atoms with Gasteiger partial charge in [0.15, 0.2) is 0 Å². The van der Waals surface area contributed by atoms with Crippen LogP contribution in [0.2, 0.25) is 0 Å². The van der Waals surface area contributed by atoms with Crippen LogP contribution in [-0.4, -0.2) is 0 Å². The number of hydrogen-bond donors (Lipinski definition) is 0. The van der Waals surface area contributed by atoms with Gasteiger partial charge >= 0.3 is 0 Å². The van der Waals surface area contributed by atoms with E-state index in [0.29, 0.717) is 0 Å². The van der Waals surface area contributed by atoms with Crippen LogP contribution in [0.5, 0.6) is 0 Å². The number of anilines is 12. The van der Waals surface area contributed by atoms with Crippen molar-refractivity contribution in [2.75, 3.05) is 19.6 Å². The Bertz CT molecular complexity index is 3490. The molecule has 78 heavy (non-hydrogen) atoms. The molecule has 372 valence electrons. The van der Waals surface area contributed by atoms with Crippen LogP contribution >= 0.6 is 0 Å². The quantitative estimate of drug-likeness (QED) is 0.0894. The molecule has 0 N–H and O–H groups in total. The Morgan fingerprint density at radius 1 is 0.128 bits per heavy atom. The van der Waals surface area contributed by atoms with Gasteiger partial charge in [0.05, 0.1) is 0 Å². The van der Waals surface area contributed by atoms with Crippen LogP contribution in [0.4, 0.5) is 68.2 Å². The van der Waals surface area contributed by atoms with E-state index in [2.05, 4.69) is 359 Å². The van der Waals surface area contributed by atoms with Gasteiger partial charge in [0.1, 0.15) is 0 Å². The Morgan fingerprint density at radius 3 is 0.436 bits per heavy atom. The summed E-state index contributed by atoms with van der Waals surface area (Å²) in [5, 5.41) is 0. The highest BCUT2D eigenvalue weighted by Crippen LogP contribution is 2.44. The molecule has 0 bridgehead atoms. The molecule has 0 aliphatic carbocycles. The molecule has 0 amide bonds. The van der Waals surface area contributed by atoms with Crippen LogP contribution in [-0.2, 0) is 0 Å². The second-order valence-electron chi connectivity index (χ2n) is 19.0. The van der Waals surface area contributed by atoms with Crippen LogP contribution in [0.3, 0.4) is 0 Å². The first kappa shape index (κ1) is 48.5. The minimum Gasteiger partial charge on any atom is -0.311 e. The van der Waals surface area contributed by atoms with Crippen molar-refractivity contribution in [1.82, 2.24) is 0 Å². The van der Waals surface area contributed by atoms with Gasteiger partial charge in [-0.15, -0.1) is 0 Å². The Morgan fingerprint density at radius 2 is 0.256 bits per heavy atom. The zero-order valence-corrected chi connectivity index (χ0v) is 43.1. The topological polar surface area (TPSA) is 13.0 Å². The molecule has 4 heteroatoms. The molecular formula is C74H56N4. The maximum atomic E-state index is 2.33. The predicted octanol–water partition coefficient (Wildman–Crippen LogP) is 20.6. The van der Waals surface area contributed by atoms with Crippen molar-refractivity contribution in [3.05, 3.63) is 362 Å². The number of para-hydroxylation sites is 6. The predicted molar refractivity (Wildman–Crippen MR) is 330 cm³/mol. The molecule has 0 saturated carbocycles. The monoisotopic (exact) mass is 1000 g/mol. The van der Waals surface area contributed by atoms with Gasteiger partial charge in [-0.1, -0.05) is 194 Å². The van der Waals surface area contributed by atoms with E-state index in [0.717, 1.165) is 102 Å². The van der Waals surface area contributed by atoms with E-state index in [4.69, 9.17) is 0 Å².